The molecule has 0 saturated carbocycles. The maximum absolute atomic E-state index is 5.52. The molecule has 0 amide bonds. The first-order valence-corrected chi connectivity index (χ1v) is 5.38. The molecule has 0 aliphatic carbocycles. The molecular formula is C10H22N2O. The molecule has 0 bridgehead atoms. The fourth-order valence-corrected chi connectivity index (χ4v) is 1.57. The Morgan fingerprint density at radius 2 is 2.38 bits per heavy atom. The third-order valence-electron chi connectivity index (χ3n) is 2.42. The summed E-state index contributed by atoms with van der Waals surface area (Å²) in [5.74, 6) is 0. The highest BCUT2D eigenvalue weighted by Gasteiger charge is 2.15. The number of likely N-dealkylation sites (N-methyl/N-ethyl adjacent to an activating group) is 1. The number of hydrogen-bond acceptors (Lipinski definition) is 3. The van der Waals surface area contributed by atoms with Crippen LogP contribution >= 0.6 is 0 Å². The molecule has 0 spiro atoms. The number of nitrogens with one attached hydrogen (secondary N) is 2. The molecule has 3 nitrogen and oxygen atoms in total. The third-order valence-corrected chi connectivity index (χ3v) is 2.42. The van der Waals surface area contributed by atoms with Gasteiger partial charge in [0.15, 0.2) is 0 Å². The van der Waals surface area contributed by atoms with Crippen LogP contribution in [0.15, 0.2) is 0 Å². The monoisotopic (exact) mass is 186 g/mol. The Morgan fingerprint density at radius 3 is 3.00 bits per heavy atom. The van der Waals surface area contributed by atoms with Gasteiger partial charge in [0, 0.05) is 25.7 Å². The Kier molecular flexibility index (Phi) is 5.35. The predicted molar refractivity (Wildman–Crippen MR) is 55.0 cm³/mol. The van der Waals surface area contributed by atoms with Gasteiger partial charge in [-0.05, 0) is 26.3 Å². The Hall–Kier alpha value is -0.120. The molecule has 1 heterocycles. The third kappa shape index (κ3) is 4.60. The van der Waals surface area contributed by atoms with Gasteiger partial charge in [0.25, 0.3) is 0 Å². The molecule has 2 N–H and O–H groups in total. The molecule has 0 aromatic carbocycles. The summed E-state index contributed by atoms with van der Waals surface area (Å²) in [5, 5.41) is 6.79. The zero-order valence-electron chi connectivity index (χ0n) is 8.81. The van der Waals surface area contributed by atoms with Crippen molar-refractivity contribution in [2.75, 3.05) is 26.2 Å². The van der Waals surface area contributed by atoms with Crippen molar-refractivity contribution in [1.29, 1.82) is 0 Å². The van der Waals surface area contributed by atoms with E-state index in [-0.39, 0.29) is 0 Å². The highest BCUT2D eigenvalue weighted by molar-refractivity contribution is 4.71. The second-order valence-electron chi connectivity index (χ2n) is 3.75. The molecule has 0 aromatic rings. The highest BCUT2D eigenvalue weighted by atomic mass is 16.5. The molecule has 1 aliphatic heterocycles. The molecule has 1 saturated heterocycles. The molecule has 1 rings (SSSR count). The van der Waals surface area contributed by atoms with Gasteiger partial charge in [-0.2, -0.15) is 0 Å². The van der Waals surface area contributed by atoms with Gasteiger partial charge in [-0.1, -0.05) is 6.92 Å². The van der Waals surface area contributed by atoms with Crippen LogP contribution in [0.4, 0.5) is 0 Å². The molecular weight excluding hydrogens is 164 g/mol. The SMILES string of the molecule is CCNCC(C)NCC1CCCO1. The predicted octanol–water partition coefficient (Wildman–Crippen LogP) is 0.753. The first-order chi connectivity index (χ1) is 6.33. The molecule has 1 fully saturated rings. The van der Waals surface area contributed by atoms with Gasteiger partial charge >= 0.3 is 0 Å². The summed E-state index contributed by atoms with van der Waals surface area (Å²) in [5.41, 5.74) is 0. The van der Waals surface area contributed by atoms with Crippen molar-refractivity contribution in [2.45, 2.75) is 38.8 Å². The first-order valence-electron chi connectivity index (χ1n) is 5.38. The van der Waals surface area contributed by atoms with Crippen LogP contribution in [0.2, 0.25) is 0 Å². The van der Waals surface area contributed by atoms with Crippen LogP contribution in [-0.4, -0.2) is 38.4 Å². The molecule has 2 unspecified atom stereocenters. The Bertz CT molecular complexity index is 124. The molecule has 13 heavy (non-hydrogen) atoms. The molecule has 78 valence electrons. The van der Waals surface area contributed by atoms with Gasteiger partial charge < -0.3 is 15.4 Å². The van der Waals surface area contributed by atoms with Crippen molar-refractivity contribution in [3.05, 3.63) is 0 Å². The lowest BCUT2D eigenvalue weighted by Gasteiger charge is -2.16. The van der Waals surface area contributed by atoms with Crippen LogP contribution in [0.25, 0.3) is 0 Å². The van der Waals surface area contributed by atoms with E-state index in [1.807, 2.05) is 0 Å². The van der Waals surface area contributed by atoms with E-state index in [1.54, 1.807) is 0 Å². The normalized spacial score (nSPS) is 24.9. The van der Waals surface area contributed by atoms with Crippen LogP contribution in [-0.2, 0) is 4.74 Å². The molecule has 0 radical (unpaired) electrons. The summed E-state index contributed by atoms with van der Waals surface area (Å²) in [7, 11) is 0. The van der Waals surface area contributed by atoms with Crippen LogP contribution in [0.3, 0.4) is 0 Å². The number of hydrogen-bond donors (Lipinski definition) is 2. The fraction of sp³-hybridized carbons (Fsp3) is 1.00. The van der Waals surface area contributed by atoms with Crippen LogP contribution in [0.1, 0.15) is 26.7 Å². The minimum absolute atomic E-state index is 0.462. The lowest BCUT2D eigenvalue weighted by atomic mass is 10.2. The van der Waals surface area contributed by atoms with E-state index in [2.05, 4.69) is 24.5 Å². The minimum atomic E-state index is 0.462. The minimum Gasteiger partial charge on any atom is -0.377 e. The Balaban J connectivity index is 1.97. The summed E-state index contributed by atoms with van der Waals surface area (Å²) in [6.07, 6.45) is 2.92. The fourth-order valence-electron chi connectivity index (χ4n) is 1.57. The zero-order valence-corrected chi connectivity index (χ0v) is 8.81. The summed E-state index contributed by atoms with van der Waals surface area (Å²) >= 11 is 0. The molecule has 3 heteroatoms. The Morgan fingerprint density at radius 1 is 1.54 bits per heavy atom. The highest BCUT2D eigenvalue weighted by Crippen LogP contribution is 2.10. The van der Waals surface area contributed by atoms with Crippen molar-refractivity contribution < 1.29 is 4.74 Å². The van der Waals surface area contributed by atoms with E-state index < -0.39 is 0 Å². The Labute approximate surface area is 81.2 Å². The topological polar surface area (TPSA) is 33.3 Å². The summed E-state index contributed by atoms with van der Waals surface area (Å²) in [4.78, 5) is 0. The van der Waals surface area contributed by atoms with Gasteiger partial charge in [0.05, 0.1) is 6.10 Å². The van der Waals surface area contributed by atoms with Crippen molar-refractivity contribution >= 4 is 0 Å². The van der Waals surface area contributed by atoms with E-state index in [1.165, 1.54) is 12.8 Å². The van der Waals surface area contributed by atoms with E-state index in [0.717, 1.165) is 26.2 Å². The molecule has 2 atom stereocenters. The van der Waals surface area contributed by atoms with E-state index in [0.29, 0.717) is 12.1 Å². The lowest BCUT2D eigenvalue weighted by Crippen LogP contribution is -2.40. The van der Waals surface area contributed by atoms with Gasteiger partial charge in [0.2, 0.25) is 0 Å². The second kappa shape index (κ2) is 6.35. The van der Waals surface area contributed by atoms with Crippen molar-refractivity contribution in [1.82, 2.24) is 10.6 Å². The molecule has 0 aromatic heterocycles. The van der Waals surface area contributed by atoms with Gasteiger partial charge in [-0.3, -0.25) is 0 Å². The van der Waals surface area contributed by atoms with E-state index in [9.17, 15) is 0 Å². The van der Waals surface area contributed by atoms with Gasteiger partial charge in [0.1, 0.15) is 0 Å². The zero-order chi connectivity index (χ0) is 9.52. The quantitative estimate of drug-likeness (QED) is 0.642. The average molecular weight is 186 g/mol. The second-order valence-corrected chi connectivity index (χ2v) is 3.75. The summed E-state index contributed by atoms with van der Waals surface area (Å²) in [6, 6.07) is 0.546. The van der Waals surface area contributed by atoms with Crippen LogP contribution < -0.4 is 10.6 Å². The maximum atomic E-state index is 5.52. The van der Waals surface area contributed by atoms with Crippen LogP contribution in [0.5, 0.6) is 0 Å². The smallest absolute Gasteiger partial charge is 0.0700 e. The number of rotatable bonds is 6. The van der Waals surface area contributed by atoms with Crippen molar-refractivity contribution in [2.24, 2.45) is 0 Å². The first kappa shape index (κ1) is 11.0. The maximum Gasteiger partial charge on any atom is 0.0700 e. The van der Waals surface area contributed by atoms with Gasteiger partial charge in [-0.25, -0.2) is 0 Å². The van der Waals surface area contributed by atoms with Gasteiger partial charge in [-0.15, -0.1) is 0 Å². The van der Waals surface area contributed by atoms with E-state index >= 15 is 0 Å². The average Bonchev–Trinajstić information content (AvgIpc) is 2.64. The van der Waals surface area contributed by atoms with Crippen LogP contribution in [0, 0.1) is 0 Å². The lowest BCUT2D eigenvalue weighted by molar-refractivity contribution is 0.108. The standard InChI is InChI=1S/C10H22N2O/c1-3-11-7-9(2)12-8-10-5-4-6-13-10/h9-12H,3-8H2,1-2H3. The summed E-state index contributed by atoms with van der Waals surface area (Å²) in [6.45, 7) is 8.39. The largest absolute Gasteiger partial charge is 0.377 e. The molecule has 1 aliphatic rings. The number of ether oxygens (including phenoxy) is 1. The van der Waals surface area contributed by atoms with Crippen molar-refractivity contribution in [3.63, 3.8) is 0 Å². The van der Waals surface area contributed by atoms with E-state index in [4.69, 9.17) is 4.74 Å². The summed E-state index contributed by atoms with van der Waals surface area (Å²) < 4.78 is 5.52. The van der Waals surface area contributed by atoms with Crippen molar-refractivity contribution in [3.8, 4) is 0 Å².